The molecule has 0 unspecified atom stereocenters. The van der Waals surface area contributed by atoms with Crippen molar-refractivity contribution in [2.75, 3.05) is 13.7 Å². The van der Waals surface area contributed by atoms with Crippen molar-refractivity contribution in [1.82, 2.24) is 5.32 Å². The Morgan fingerprint density at radius 3 is 2.46 bits per heavy atom. The Labute approximate surface area is 176 Å². The predicted octanol–water partition coefficient (Wildman–Crippen LogP) is 6.63. The van der Waals surface area contributed by atoms with E-state index < -0.39 is 0 Å². The highest BCUT2D eigenvalue weighted by Gasteiger charge is 2.11. The standard InChI is InChI=1S/C23H31BrFNO2/c1-3-4-5-6-7-10-13-26-16-19-14-22(27-2)23(15-20(19)24)28-17-18-11-8-9-12-21(18)25/h8-9,11-12,14-15,26H,3-7,10,13,16-17H2,1-2H3. The van der Waals surface area contributed by atoms with Gasteiger partial charge in [0, 0.05) is 16.6 Å². The first-order chi connectivity index (χ1) is 13.7. The maximum Gasteiger partial charge on any atom is 0.162 e. The average Bonchev–Trinajstić information content (AvgIpc) is 2.70. The van der Waals surface area contributed by atoms with Crippen LogP contribution in [0, 0.1) is 5.82 Å². The fourth-order valence-corrected chi connectivity index (χ4v) is 3.47. The van der Waals surface area contributed by atoms with E-state index in [0.717, 1.165) is 23.1 Å². The zero-order valence-electron chi connectivity index (χ0n) is 16.9. The van der Waals surface area contributed by atoms with Crippen molar-refractivity contribution in [2.24, 2.45) is 0 Å². The normalized spacial score (nSPS) is 10.9. The van der Waals surface area contributed by atoms with Crippen LogP contribution in [-0.2, 0) is 13.2 Å². The van der Waals surface area contributed by atoms with Gasteiger partial charge in [0.25, 0.3) is 0 Å². The van der Waals surface area contributed by atoms with Crippen LogP contribution >= 0.6 is 15.9 Å². The Balaban J connectivity index is 1.85. The zero-order valence-corrected chi connectivity index (χ0v) is 18.5. The predicted molar refractivity (Wildman–Crippen MR) is 117 cm³/mol. The van der Waals surface area contributed by atoms with Gasteiger partial charge in [-0.2, -0.15) is 0 Å². The zero-order chi connectivity index (χ0) is 20.2. The minimum absolute atomic E-state index is 0.158. The lowest BCUT2D eigenvalue weighted by atomic mass is 10.1. The molecule has 0 fully saturated rings. The molecule has 0 aromatic heterocycles. The smallest absolute Gasteiger partial charge is 0.162 e. The number of hydrogen-bond donors (Lipinski definition) is 1. The summed E-state index contributed by atoms with van der Waals surface area (Å²) in [6, 6.07) is 10.5. The Hall–Kier alpha value is -1.59. The molecule has 2 aromatic carbocycles. The van der Waals surface area contributed by atoms with E-state index in [1.54, 1.807) is 25.3 Å². The van der Waals surface area contributed by atoms with Gasteiger partial charge >= 0.3 is 0 Å². The minimum atomic E-state index is -0.268. The molecular formula is C23H31BrFNO2. The van der Waals surface area contributed by atoms with Crippen LogP contribution in [0.15, 0.2) is 40.9 Å². The second kappa shape index (κ2) is 12.8. The lowest BCUT2D eigenvalue weighted by Crippen LogP contribution is -2.15. The Kier molecular flexibility index (Phi) is 10.4. The Morgan fingerprint density at radius 1 is 0.964 bits per heavy atom. The van der Waals surface area contributed by atoms with Gasteiger partial charge in [-0.05, 0) is 36.7 Å². The quantitative estimate of drug-likeness (QED) is 0.346. The Morgan fingerprint density at radius 2 is 1.71 bits per heavy atom. The number of methoxy groups -OCH3 is 1. The number of nitrogens with one attached hydrogen (secondary N) is 1. The molecule has 2 aromatic rings. The summed E-state index contributed by atoms with van der Waals surface area (Å²) in [4.78, 5) is 0. The van der Waals surface area contributed by atoms with Crippen molar-refractivity contribution in [3.63, 3.8) is 0 Å². The maximum absolute atomic E-state index is 13.8. The van der Waals surface area contributed by atoms with Crippen molar-refractivity contribution in [1.29, 1.82) is 0 Å². The molecule has 0 radical (unpaired) electrons. The third kappa shape index (κ3) is 7.44. The van der Waals surface area contributed by atoms with Gasteiger partial charge in [0.1, 0.15) is 12.4 Å². The van der Waals surface area contributed by atoms with E-state index in [2.05, 4.69) is 28.2 Å². The molecule has 2 rings (SSSR count). The highest BCUT2D eigenvalue weighted by Crippen LogP contribution is 2.34. The molecule has 154 valence electrons. The van der Waals surface area contributed by atoms with Crippen LogP contribution in [0.3, 0.4) is 0 Å². The van der Waals surface area contributed by atoms with E-state index in [-0.39, 0.29) is 12.4 Å². The molecule has 0 spiro atoms. The van der Waals surface area contributed by atoms with Crippen LogP contribution in [-0.4, -0.2) is 13.7 Å². The molecule has 5 heteroatoms. The summed E-state index contributed by atoms with van der Waals surface area (Å²) in [6.45, 7) is 4.17. The van der Waals surface area contributed by atoms with E-state index in [1.165, 1.54) is 44.6 Å². The van der Waals surface area contributed by atoms with E-state index >= 15 is 0 Å². The van der Waals surface area contributed by atoms with Gasteiger partial charge in [-0.25, -0.2) is 4.39 Å². The maximum atomic E-state index is 13.8. The topological polar surface area (TPSA) is 30.5 Å². The SMILES string of the molecule is CCCCCCCCNCc1cc(OC)c(OCc2ccccc2F)cc1Br. The highest BCUT2D eigenvalue weighted by atomic mass is 79.9. The molecule has 0 saturated carbocycles. The number of halogens is 2. The van der Waals surface area contributed by atoms with E-state index in [4.69, 9.17) is 9.47 Å². The van der Waals surface area contributed by atoms with Gasteiger partial charge in [-0.15, -0.1) is 0 Å². The highest BCUT2D eigenvalue weighted by molar-refractivity contribution is 9.10. The minimum Gasteiger partial charge on any atom is -0.493 e. The summed E-state index contributed by atoms with van der Waals surface area (Å²) < 4.78 is 26.0. The number of unbranched alkanes of at least 4 members (excludes halogenated alkanes) is 5. The fraction of sp³-hybridized carbons (Fsp3) is 0.478. The molecule has 0 aliphatic carbocycles. The molecule has 0 bridgehead atoms. The molecule has 0 heterocycles. The molecule has 0 saturated heterocycles. The molecule has 0 amide bonds. The van der Waals surface area contributed by atoms with Crippen LogP contribution in [0.5, 0.6) is 11.5 Å². The molecule has 3 nitrogen and oxygen atoms in total. The van der Waals surface area contributed by atoms with Crippen molar-refractivity contribution < 1.29 is 13.9 Å². The summed E-state index contributed by atoms with van der Waals surface area (Å²) >= 11 is 3.61. The van der Waals surface area contributed by atoms with Crippen LogP contribution < -0.4 is 14.8 Å². The van der Waals surface area contributed by atoms with E-state index in [9.17, 15) is 4.39 Å². The van der Waals surface area contributed by atoms with Gasteiger partial charge in [0.05, 0.1) is 7.11 Å². The van der Waals surface area contributed by atoms with Gasteiger partial charge in [-0.3, -0.25) is 0 Å². The van der Waals surface area contributed by atoms with Crippen LogP contribution in [0.25, 0.3) is 0 Å². The van der Waals surface area contributed by atoms with Crippen LogP contribution in [0.1, 0.15) is 56.6 Å². The summed E-state index contributed by atoms with van der Waals surface area (Å²) in [6.07, 6.45) is 7.76. The van der Waals surface area contributed by atoms with Gasteiger partial charge in [0.2, 0.25) is 0 Å². The second-order valence-electron chi connectivity index (χ2n) is 6.92. The van der Waals surface area contributed by atoms with Crippen molar-refractivity contribution in [2.45, 2.75) is 58.6 Å². The van der Waals surface area contributed by atoms with E-state index in [0.29, 0.717) is 17.1 Å². The summed E-state index contributed by atoms with van der Waals surface area (Å²) in [5.74, 6) is 0.976. The number of rotatable bonds is 13. The van der Waals surface area contributed by atoms with Gasteiger partial charge in [-0.1, -0.05) is 73.2 Å². The molecular weight excluding hydrogens is 421 g/mol. The average molecular weight is 452 g/mol. The number of hydrogen-bond acceptors (Lipinski definition) is 3. The first-order valence-corrected chi connectivity index (χ1v) is 10.9. The third-order valence-electron chi connectivity index (χ3n) is 4.70. The summed E-state index contributed by atoms with van der Waals surface area (Å²) in [7, 11) is 1.62. The number of ether oxygens (including phenoxy) is 2. The molecule has 0 aliphatic heterocycles. The summed E-state index contributed by atoms with van der Waals surface area (Å²) in [5.41, 5.74) is 1.63. The van der Waals surface area contributed by atoms with Crippen LogP contribution in [0.2, 0.25) is 0 Å². The summed E-state index contributed by atoms with van der Waals surface area (Å²) in [5, 5.41) is 3.49. The number of benzene rings is 2. The monoisotopic (exact) mass is 451 g/mol. The van der Waals surface area contributed by atoms with Crippen molar-refractivity contribution in [3.05, 3.63) is 57.8 Å². The first kappa shape index (κ1) is 22.7. The van der Waals surface area contributed by atoms with Gasteiger partial charge < -0.3 is 14.8 Å². The first-order valence-electron chi connectivity index (χ1n) is 10.1. The van der Waals surface area contributed by atoms with Crippen LogP contribution in [0.4, 0.5) is 4.39 Å². The second-order valence-corrected chi connectivity index (χ2v) is 7.77. The Bertz CT molecular complexity index is 724. The third-order valence-corrected chi connectivity index (χ3v) is 5.43. The lowest BCUT2D eigenvalue weighted by molar-refractivity contribution is 0.279. The largest absolute Gasteiger partial charge is 0.493 e. The molecule has 1 N–H and O–H groups in total. The molecule has 0 atom stereocenters. The van der Waals surface area contributed by atoms with Crippen molar-refractivity contribution >= 4 is 15.9 Å². The van der Waals surface area contributed by atoms with E-state index in [1.807, 2.05) is 12.1 Å². The fourth-order valence-electron chi connectivity index (χ4n) is 3.01. The van der Waals surface area contributed by atoms with Gasteiger partial charge in [0.15, 0.2) is 11.5 Å². The lowest BCUT2D eigenvalue weighted by Gasteiger charge is -2.15. The molecule has 0 aliphatic rings. The van der Waals surface area contributed by atoms with Crippen molar-refractivity contribution in [3.8, 4) is 11.5 Å². The molecule has 28 heavy (non-hydrogen) atoms.